The average molecular weight is 346 g/mol. The van der Waals surface area contributed by atoms with E-state index in [9.17, 15) is 9.59 Å². The number of fused-ring (bicyclic) bond motifs is 1. The summed E-state index contributed by atoms with van der Waals surface area (Å²) in [7, 11) is 0. The normalized spacial score (nSPS) is 14.6. The number of carbonyl (C=O) groups is 2. The Balaban J connectivity index is 1.72. The highest BCUT2D eigenvalue weighted by Gasteiger charge is 2.28. The predicted molar refractivity (Wildman–Crippen MR) is 90.1 cm³/mol. The third kappa shape index (κ3) is 3.49. The number of hydrogen-bond donors (Lipinski definition) is 1. The number of carbonyl (C=O) groups excluding carboxylic acids is 2. The van der Waals surface area contributed by atoms with Crippen molar-refractivity contribution in [3.05, 3.63) is 53.3 Å². The lowest BCUT2D eigenvalue weighted by atomic mass is 10.2. The number of anilines is 1. The van der Waals surface area contributed by atoms with E-state index in [4.69, 9.17) is 16.3 Å². The van der Waals surface area contributed by atoms with Crippen molar-refractivity contribution in [1.29, 1.82) is 0 Å². The first-order chi connectivity index (χ1) is 11.5. The quantitative estimate of drug-likeness (QED) is 0.923. The zero-order chi connectivity index (χ0) is 17.1. The molecule has 1 atom stereocenters. The molecule has 0 spiro atoms. The Kier molecular flexibility index (Phi) is 4.66. The fraction of sp³-hybridized carbons (Fsp3) is 0.235. The number of benzene rings is 1. The van der Waals surface area contributed by atoms with E-state index < -0.39 is 0 Å². The van der Waals surface area contributed by atoms with Crippen molar-refractivity contribution in [2.75, 3.05) is 18.1 Å². The maximum absolute atomic E-state index is 12.3. The first-order valence-electron chi connectivity index (χ1n) is 7.47. The monoisotopic (exact) mass is 345 g/mol. The van der Waals surface area contributed by atoms with E-state index in [1.165, 1.54) is 4.90 Å². The van der Waals surface area contributed by atoms with Crippen molar-refractivity contribution in [2.45, 2.75) is 13.0 Å². The minimum Gasteiger partial charge on any atom is -0.482 e. The Morgan fingerprint density at radius 1 is 1.42 bits per heavy atom. The van der Waals surface area contributed by atoms with Gasteiger partial charge in [0.2, 0.25) is 5.91 Å². The molecule has 0 bridgehead atoms. The third-order valence-electron chi connectivity index (χ3n) is 3.67. The molecule has 2 aromatic rings. The molecule has 3 rings (SSSR count). The summed E-state index contributed by atoms with van der Waals surface area (Å²) in [6.45, 7) is 1.64. The van der Waals surface area contributed by atoms with Crippen molar-refractivity contribution in [2.24, 2.45) is 0 Å². The number of halogens is 1. The molecule has 0 radical (unpaired) electrons. The topological polar surface area (TPSA) is 71.5 Å². The van der Waals surface area contributed by atoms with Crippen LogP contribution in [-0.4, -0.2) is 29.9 Å². The van der Waals surface area contributed by atoms with Crippen molar-refractivity contribution in [3.8, 4) is 5.75 Å². The molecule has 1 N–H and O–H groups in total. The summed E-state index contributed by atoms with van der Waals surface area (Å²) < 4.78 is 5.36. The van der Waals surface area contributed by atoms with Crippen LogP contribution in [0.2, 0.25) is 5.02 Å². The summed E-state index contributed by atoms with van der Waals surface area (Å²) in [4.78, 5) is 30.0. The van der Waals surface area contributed by atoms with Crippen LogP contribution in [0.5, 0.6) is 5.75 Å². The molecule has 2 amide bonds. The highest BCUT2D eigenvalue weighted by molar-refractivity contribution is 6.31. The second-order valence-electron chi connectivity index (χ2n) is 5.42. The second-order valence-corrected chi connectivity index (χ2v) is 5.86. The number of amides is 2. The van der Waals surface area contributed by atoms with E-state index >= 15 is 0 Å². The van der Waals surface area contributed by atoms with Gasteiger partial charge in [0.1, 0.15) is 12.3 Å². The SMILES string of the molecule is C[C@@H](NC(=O)CN1C(=O)COc2ccc(Cl)cc21)c1ccccn1. The Labute approximate surface area is 144 Å². The fourth-order valence-electron chi connectivity index (χ4n) is 2.49. The molecule has 7 heteroatoms. The summed E-state index contributed by atoms with van der Waals surface area (Å²) in [6.07, 6.45) is 1.67. The lowest BCUT2D eigenvalue weighted by molar-refractivity contribution is -0.125. The zero-order valence-electron chi connectivity index (χ0n) is 13.0. The first-order valence-corrected chi connectivity index (χ1v) is 7.85. The Bertz CT molecular complexity index is 767. The molecule has 1 aliphatic heterocycles. The maximum Gasteiger partial charge on any atom is 0.265 e. The average Bonchev–Trinajstić information content (AvgIpc) is 2.58. The van der Waals surface area contributed by atoms with Gasteiger partial charge in [-0.05, 0) is 37.3 Å². The molecular formula is C17H16ClN3O3. The lowest BCUT2D eigenvalue weighted by Gasteiger charge is -2.29. The summed E-state index contributed by atoms with van der Waals surface area (Å²) in [5.74, 6) is -0.0377. The van der Waals surface area contributed by atoms with Crippen LogP contribution in [0.1, 0.15) is 18.7 Å². The number of pyridine rings is 1. The van der Waals surface area contributed by atoms with Gasteiger partial charge in [-0.1, -0.05) is 17.7 Å². The smallest absolute Gasteiger partial charge is 0.265 e. The molecule has 6 nitrogen and oxygen atoms in total. The fourth-order valence-corrected chi connectivity index (χ4v) is 2.65. The van der Waals surface area contributed by atoms with Crippen molar-refractivity contribution >= 4 is 29.1 Å². The van der Waals surface area contributed by atoms with Gasteiger partial charge in [0.05, 0.1) is 17.4 Å². The molecule has 24 heavy (non-hydrogen) atoms. The molecule has 0 fully saturated rings. The Hall–Kier alpha value is -2.60. The Morgan fingerprint density at radius 3 is 3.00 bits per heavy atom. The summed E-state index contributed by atoms with van der Waals surface area (Å²) in [5.41, 5.74) is 1.25. The molecule has 1 aromatic carbocycles. The van der Waals surface area contributed by atoms with Crippen LogP contribution < -0.4 is 15.0 Å². The van der Waals surface area contributed by atoms with E-state index in [2.05, 4.69) is 10.3 Å². The van der Waals surface area contributed by atoms with E-state index in [0.29, 0.717) is 16.5 Å². The van der Waals surface area contributed by atoms with Crippen LogP contribution >= 0.6 is 11.6 Å². The minimum atomic E-state index is -0.287. The van der Waals surface area contributed by atoms with E-state index in [1.807, 2.05) is 25.1 Å². The third-order valence-corrected chi connectivity index (χ3v) is 3.91. The van der Waals surface area contributed by atoms with Crippen LogP contribution in [0, 0.1) is 0 Å². The van der Waals surface area contributed by atoms with Gasteiger partial charge in [-0.3, -0.25) is 19.5 Å². The highest BCUT2D eigenvalue weighted by atomic mass is 35.5. The van der Waals surface area contributed by atoms with Crippen LogP contribution in [0.25, 0.3) is 0 Å². The molecule has 2 heterocycles. The van der Waals surface area contributed by atoms with Crippen molar-refractivity contribution in [3.63, 3.8) is 0 Å². The molecular weight excluding hydrogens is 330 g/mol. The van der Waals surface area contributed by atoms with Crippen LogP contribution in [0.3, 0.4) is 0 Å². The van der Waals surface area contributed by atoms with Gasteiger partial charge in [0.25, 0.3) is 5.91 Å². The van der Waals surface area contributed by atoms with Gasteiger partial charge < -0.3 is 10.1 Å². The van der Waals surface area contributed by atoms with Crippen molar-refractivity contribution in [1.82, 2.24) is 10.3 Å². The molecule has 124 valence electrons. The van der Waals surface area contributed by atoms with Crippen molar-refractivity contribution < 1.29 is 14.3 Å². The van der Waals surface area contributed by atoms with E-state index in [0.717, 1.165) is 5.69 Å². The van der Waals surface area contributed by atoms with Gasteiger partial charge in [-0.25, -0.2) is 0 Å². The molecule has 0 aliphatic carbocycles. The number of nitrogens with zero attached hydrogens (tertiary/aromatic N) is 2. The van der Waals surface area contributed by atoms with Gasteiger partial charge in [-0.15, -0.1) is 0 Å². The van der Waals surface area contributed by atoms with Gasteiger partial charge in [-0.2, -0.15) is 0 Å². The molecule has 0 unspecified atom stereocenters. The number of hydrogen-bond acceptors (Lipinski definition) is 4. The maximum atomic E-state index is 12.3. The summed E-state index contributed by atoms with van der Waals surface area (Å²) in [5, 5.41) is 3.31. The molecule has 0 saturated carbocycles. The molecule has 1 aliphatic rings. The largest absolute Gasteiger partial charge is 0.482 e. The molecule has 1 aromatic heterocycles. The first kappa shape index (κ1) is 16.3. The predicted octanol–water partition coefficient (Wildman–Crippen LogP) is 2.34. The number of nitrogens with one attached hydrogen (secondary N) is 1. The van der Waals surface area contributed by atoms with E-state index in [-0.39, 0.29) is 31.0 Å². The minimum absolute atomic E-state index is 0.0995. The van der Waals surface area contributed by atoms with Gasteiger partial charge in [0, 0.05) is 11.2 Å². The molecule has 0 saturated heterocycles. The van der Waals surface area contributed by atoms with Crippen LogP contribution in [0.15, 0.2) is 42.6 Å². The number of ether oxygens (including phenoxy) is 1. The Morgan fingerprint density at radius 2 is 2.25 bits per heavy atom. The second kappa shape index (κ2) is 6.88. The number of rotatable bonds is 4. The van der Waals surface area contributed by atoms with E-state index in [1.54, 1.807) is 24.4 Å². The summed E-state index contributed by atoms with van der Waals surface area (Å²) >= 11 is 5.99. The summed E-state index contributed by atoms with van der Waals surface area (Å²) in [6, 6.07) is 10.2. The van der Waals surface area contributed by atoms with Crippen LogP contribution in [0.4, 0.5) is 5.69 Å². The zero-order valence-corrected chi connectivity index (χ0v) is 13.8. The van der Waals surface area contributed by atoms with Crippen LogP contribution in [-0.2, 0) is 9.59 Å². The highest BCUT2D eigenvalue weighted by Crippen LogP contribution is 2.34. The standard InChI is InChI=1S/C17H16ClN3O3/c1-11(13-4-2-3-7-19-13)20-16(22)9-21-14-8-12(18)5-6-15(14)24-10-17(21)23/h2-8,11H,9-10H2,1H3,(H,20,22)/t11-/m1/s1. The number of aromatic nitrogens is 1. The van der Waals surface area contributed by atoms with Gasteiger partial charge >= 0.3 is 0 Å². The van der Waals surface area contributed by atoms with Gasteiger partial charge in [0.15, 0.2) is 6.61 Å². The lowest BCUT2D eigenvalue weighted by Crippen LogP contribution is -2.45.